The lowest BCUT2D eigenvalue weighted by molar-refractivity contribution is 0.0957. The number of anilines is 1. The van der Waals surface area contributed by atoms with Gasteiger partial charge in [-0.2, -0.15) is 0 Å². The van der Waals surface area contributed by atoms with Crippen LogP contribution < -0.4 is 20.7 Å². The van der Waals surface area contributed by atoms with Crippen LogP contribution in [-0.4, -0.2) is 34.6 Å². The molecular formula is C24H19F3N4O4. The molecule has 2 aliphatic rings. The number of hydrogen-bond donors (Lipinski definition) is 4. The molecule has 2 saturated carbocycles. The Morgan fingerprint density at radius 3 is 2.54 bits per heavy atom. The van der Waals surface area contributed by atoms with E-state index in [4.69, 9.17) is 4.74 Å². The highest BCUT2D eigenvalue weighted by molar-refractivity contribution is 5.92. The number of aromatic nitrogens is 1. The second-order valence-corrected chi connectivity index (χ2v) is 8.43. The normalized spacial score (nSPS) is 21.5. The lowest BCUT2D eigenvalue weighted by Crippen LogP contribution is -2.36. The summed E-state index contributed by atoms with van der Waals surface area (Å²) < 4.78 is 46.2. The van der Waals surface area contributed by atoms with Crippen LogP contribution in [0, 0.1) is 23.4 Å². The first kappa shape index (κ1) is 22.5. The van der Waals surface area contributed by atoms with Gasteiger partial charge in [-0.1, -0.05) is 0 Å². The molecule has 0 saturated heterocycles. The van der Waals surface area contributed by atoms with Crippen molar-refractivity contribution in [3.05, 3.63) is 77.4 Å². The van der Waals surface area contributed by atoms with E-state index < -0.39 is 34.7 Å². The van der Waals surface area contributed by atoms with Gasteiger partial charge < -0.3 is 25.8 Å². The zero-order chi connectivity index (χ0) is 24.9. The highest BCUT2D eigenvalue weighted by atomic mass is 19.2. The predicted octanol–water partition coefficient (Wildman–Crippen LogP) is 4.03. The van der Waals surface area contributed by atoms with Crippen LogP contribution in [0.1, 0.15) is 28.4 Å². The average Bonchev–Trinajstić information content (AvgIpc) is 3.69. The molecule has 11 heteroatoms. The number of aromatic hydroxyl groups is 1. The Morgan fingerprint density at radius 1 is 1.06 bits per heavy atom. The Bertz CT molecular complexity index is 1370. The molecule has 1 aromatic heterocycles. The monoisotopic (exact) mass is 484 g/mol. The van der Waals surface area contributed by atoms with E-state index in [1.807, 2.05) is 0 Å². The zero-order valence-electron chi connectivity index (χ0n) is 18.2. The number of phenolic OH excluding ortho intramolecular Hbond substituents is 1. The maximum atomic E-state index is 13.8. The molecule has 1 heterocycles. The van der Waals surface area contributed by atoms with Crippen LogP contribution in [0.2, 0.25) is 0 Å². The summed E-state index contributed by atoms with van der Waals surface area (Å²) in [6.07, 6.45) is 2.08. The van der Waals surface area contributed by atoms with E-state index in [9.17, 15) is 27.9 Å². The van der Waals surface area contributed by atoms with Crippen molar-refractivity contribution in [3.63, 3.8) is 0 Å². The molecule has 0 spiro atoms. The molecule has 0 aliphatic heterocycles. The lowest BCUT2D eigenvalue weighted by Gasteiger charge is -2.17. The maximum absolute atomic E-state index is 13.8. The van der Waals surface area contributed by atoms with Crippen molar-refractivity contribution in [2.45, 2.75) is 17.9 Å². The van der Waals surface area contributed by atoms with E-state index >= 15 is 0 Å². The number of halogens is 3. The predicted molar refractivity (Wildman–Crippen MR) is 118 cm³/mol. The third kappa shape index (κ3) is 4.09. The maximum Gasteiger partial charge on any atom is 0.319 e. The van der Waals surface area contributed by atoms with Gasteiger partial charge in [-0.3, -0.25) is 9.78 Å². The molecule has 3 atom stereocenters. The summed E-state index contributed by atoms with van der Waals surface area (Å²) in [5.74, 6) is -3.46. The van der Waals surface area contributed by atoms with Gasteiger partial charge in [-0.05, 0) is 36.6 Å². The fourth-order valence-corrected chi connectivity index (χ4v) is 4.31. The molecule has 4 N–H and O–H groups in total. The first-order valence-electron chi connectivity index (χ1n) is 10.6. The number of ether oxygens (including phenoxy) is 1. The van der Waals surface area contributed by atoms with Crippen molar-refractivity contribution in [2.75, 3.05) is 12.4 Å². The van der Waals surface area contributed by atoms with Crippen LogP contribution in [0.4, 0.5) is 23.7 Å². The van der Waals surface area contributed by atoms with Gasteiger partial charge in [0.15, 0.2) is 11.6 Å². The molecule has 3 amide bonds. The third-order valence-corrected chi connectivity index (χ3v) is 6.27. The summed E-state index contributed by atoms with van der Waals surface area (Å²) in [7, 11) is 1.49. The molecule has 2 aliphatic carbocycles. The van der Waals surface area contributed by atoms with E-state index in [-0.39, 0.29) is 29.2 Å². The molecule has 2 fully saturated rings. The minimum atomic E-state index is -1.36. The SMILES string of the molecule is CNC(=O)c1cc(Oc2ccc(O)c([C@@H]3[C@@H]4C[C@@]34NC(=O)Nc3cc(F)c(F)cc3F)c2)ccn1. The topological polar surface area (TPSA) is 113 Å². The summed E-state index contributed by atoms with van der Waals surface area (Å²) in [4.78, 5) is 28.2. The second-order valence-electron chi connectivity index (χ2n) is 8.43. The highest BCUT2D eigenvalue weighted by Gasteiger charge is 2.80. The van der Waals surface area contributed by atoms with E-state index in [0.29, 0.717) is 35.6 Å². The first-order valence-corrected chi connectivity index (χ1v) is 10.6. The number of amides is 3. The minimum Gasteiger partial charge on any atom is -0.508 e. The Labute approximate surface area is 197 Å². The average molecular weight is 484 g/mol. The summed E-state index contributed by atoms with van der Waals surface area (Å²) >= 11 is 0. The van der Waals surface area contributed by atoms with Crippen LogP contribution in [0.5, 0.6) is 17.2 Å². The molecule has 180 valence electrons. The summed E-state index contributed by atoms with van der Waals surface area (Å²) in [5, 5.41) is 17.8. The molecule has 5 rings (SSSR count). The summed E-state index contributed by atoms with van der Waals surface area (Å²) in [6.45, 7) is 0. The van der Waals surface area contributed by atoms with E-state index in [1.165, 1.54) is 25.4 Å². The van der Waals surface area contributed by atoms with Gasteiger partial charge in [0.25, 0.3) is 5.91 Å². The largest absolute Gasteiger partial charge is 0.508 e. The Balaban J connectivity index is 1.28. The van der Waals surface area contributed by atoms with Crippen molar-refractivity contribution in [3.8, 4) is 17.2 Å². The van der Waals surface area contributed by atoms with Crippen LogP contribution in [0.25, 0.3) is 0 Å². The number of nitrogens with zero attached hydrogens (tertiary/aromatic N) is 1. The first-order chi connectivity index (χ1) is 16.7. The van der Waals surface area contributed by atoms with Gasteiger partial charge in [0.05, 0.1) is 11.2 Å². The number of rotatable bonds is 6. The number of pyridine rings is 1. The molecule has 35 heavy (non-hydrogen) atoms. The van der Waals surface area contributed by atoms with Crippen molar-refractivity contribution in [2.24, 2.45) is 5.92 Å². The smallest absolute Gasteiger partial charge is 0.319 e. The van der Waals surface area contributed by atoms with Crippen molar-refractivity contribution in [1.82, 2.24) is 15.6 Å². The number of nitrogens with one attached hydrogen (secondary N) is 3. The molecule has 2 aromatic carbocycles. The van der Waals surface area contributed by atoms with Crippen molar-refractivity contribution < 1.29 is 32.6 Å². The third-order valence-electron chi connectivity index (χ3n) is 6.27. The lowest BCUT2D eigenvalue weighted by atomic mass is 9.99. The second kappa shape index (κ2) is 8.19. The van der Waals surface area contributed by atoms with Gasteiger partial charge in [0, 0.05) is 42.9 Å². The van der Waals surface area contributed by atoms with Crippen LogP contribution in [0.3, 0.4) is 0 Å². The van der Waals surface area contributed by atoms with Gasteiger partial charge in [-0.25, -0.2) is 18.0 Å². The Morgan fingerprint density at radius 2 is 1.80 bits per heavy atom. The molecular weight excluding hydrogens is 465 g/mol. The van der Waals surface area contributed by atoms with Crippen LogP contribution in [0.15, 0.2) is 48.7 Å². The summed E-state index contributed by atoms with van der Waals surface area (Å²) in [6, 6.07) is 7.88. The van der Waals surface area contributed by atoms with Crippen LogP contribution >= 0.6 is 0 Å². The number of hydrogen-bond acceptors (Lipinski definition) is 5. The highest BCUT2D eigenvalue weighted by Crippen LogP contribution is 2.77. The Hall–Kier alpha value is -4.28. The molecule has 3 aromatic rings. The quantitative estimate of drug-likeness (QED) is 0.395. The van der Waals surface area contributed by atoms with Gasteiger partial charge in [0.1, 0.15) is 28.8 Å². The number of benzene rings is 2. The molecule has 0 unspecified atom stereocenters. The zero-order valence-corrected chi connectivity index (χ0v) is 18.2. The standard InChI is InChI=1S/C24H19F3N4O4/c1-28-22(33)19-7-12(4-5-29-19)35-11-2-3-20(32)13(6-11)21-14-10-24(14,21)31-23(34)30-18-9-16(26)15(25)8-17(18)27/h2-9,14,21,32H,10H2,1H3,(H,28,33)(H2,30,31,34)/t14-,21+,24-/m0/s1. The molecule has 8 nitrogen and oxygen atoms in total. The van der Waals surface area contributed by atoms with E-state index in [0.717, 1.165) is 0 Å². The minimum absolute atomic E-state index is 0.0172. The Kier molecular flexibility index (Phi) is 5.27. The van der Waals surface area contributed by atoms with Gasteiger partial charge >= 0.3 is 6.03 Å². The number of carbonyl (C=O) groups excluding carboxylic acids is 2. The summed E-state index contributed by atoms with van der Waals surface area (Å²) in [5.41, 5.74) is -0.380. The molecule has 0 bridgehead atoms. The fraction of sp³-hybridized carbons (Fsp3) is 0.208. The van der Waals surface area contributed by atoms with Crippen LogP contribution in [-0.2, 0) is 0 Å². The molecule has 0 radical (unpaired) electrons. The van der Waals surface area contributed by atoms with E-state index in [2.05, 4.69) is 20.9 Å². The number of fused-ring (bicyclic) bond motifs is 1. The van der Waals surface area contributed by atoms with Crippen molar-refractivity contribution >= 4 is 17.6 Å². The van der Waals surface area contributed by atoms with Gasteiger partial charge in [-0.15, -0.1) is 0 Å². The fourth-order valence-electron chi connectivity index (χ4n) is 4.31. The van der Waals surface area contributed by atoms with E-state index in [1.54, 1.807) is 18.2 Å². The number of phenols is 1. The van der Waals surface area contributed by atoms with Gasteiger partial charge in [0.2, 0.25) is 0 Å². The number of urea groups is 1. The van der Waals surface area contributed by atoms with Crippen molar-refractivity contribution in [1.29, 1.82) is 0 Å². The number of carbonyl (C=O) groups is 2.